The maximum absolute atomic E-state index is 10.2. The van der Waals surface area contributed by atoms with Crippen LogP contribution < -0.4 is 0 Å². The molecule has 0 spiro atoms. The number of nitrogens with zero attached hydrogens (tertiary/aromatic N) is 1. The standard InChI is InChI=1S/C12H17NO2/c1-9(2)11-4-3-10(7-13-11)12(14)5-6-15-8-12/h3-4,7,9,14H,5-6,8H2,1-2H3. The number of hydrogen-bond donors (Lipinski definition) is 1. The van der Waals surface area contributed by atoms with E-state index in [0.29, 0.717) is 25.6 Å². The molecule has 1 atom stereocenters. The molecule has 1 aliphatic rings. The van der Waals surface area contributed by atoms with E-state index in [9.17, 15) is 5.11 Å². The van der Waals surface area contributed by atoms with Crippen molar-refractivity contribution >= 4 is 0 Å². The molecule has 1 aliphatic heterocycles. The van der Waals surface area contributed by atoms with Gasteiger partial charge in [-0.25, -0.2) is 0 Å². The van der Waals surface area contributed by atoms with Crippen LogP contribution in [0.15, 0.2) is 18.3 Å². The van der Waals surface area contributed by atoms with E-state index in [0.717, 1.165) is 11.3 Å². The van der Waals surface area contributed by atoms with Gasteiger partial charge in [0.2, 0.25) is 0 Å². The molecule has 82 valence electrons. The molecule has 1 aromatic heterocycles. The van der Waals surface area contributed by atoms with Crippen LogP contribution in [0.2, 0.25) is 0 Å². The SMILES string of the molecule is CC(C)c1ccc(C2(O)CCOC2)cn1. The molecule has 0 amide bonds. The van der Waals surface area contributed by atoms with Crippen LogP contribution in [-0.2, 0) is 10.3 Å². The summed E-state index contributed by atoms with van der Waals surface area (Å²) >= 11 is 0. The highest BCUT2D eigenvalue weighted by Crippen LogP contribution is 2.30. The van der Waals surface area contributed by atoms with Crippen molar-refractivity contribution in [2.75, 3.05) is 13.2 Å². The number of rotatable bonds is 2. The van der Waals surface area contributed by atoms with Crippen molar-refractivity contribution in [3.05, 3.63) is 29.6 Å². The first kappa shape index (κ1) is 10.6. The molecule has 0 aliphatic carbocycles. The average molecular weight is 207 g/mol. The lowest BCUT2D eigenvalue weighted by atomic mass is 9.94. The minimum atomic E-state index is -0.817. The molecule has 3 heteroatoms. The third kappa shape index (κ3) is 2.03. The highest BCUT2D eigenvalue weighted by Gasteiger charge is 2.34. The van der Waals surface area contributed by atoms with Crippen LogP contribution in [-0.4, -0.2) is 23.3 Å². The van der Waals surface area contributed by atoms with E-state index < -0.39 is 5.60 Å². The summed E-state index contributed by atoms with van der Waals surface area (Å²) < 4.78 is 5.21. The molecular weight excluding hydrogens is 190 g/mol. The van der Waals surface area contributed by atoms with Crippen molar-refractivity contribution in [3.8, 4) is 0 Å². The number of aromatic nitrogens is 1. The average Bonchev–Trinajstić information content (AvgIpc) is 2.67. The van der Waals surface area contributed by atoms with E-state index in [1.807, 2.05) is 12.1 Å². The first-order chi connectivity index (χ1) is 7.12. The topological polar surface area (TPSA) is 42.4 Å². The Kier molecular flexibility index (Phi) is 2.76. The Balaban J connectivity index is 2.23. The lowest BCUT2D eigenvalue weighted by Crippen LogP contribution is -2.25. The first-order valence-electron chi connectivity index (χ1n) is 5.38. The maximum atomic E-state index is 10.2. The normalized spacial score (nSPS) is 26.1. The van der Waals surface area contributed by atoms with Crippen molar-refractivity contribution < 1.29 is 9.84 Å². The lowest BCUT2D eigenvalue weighted by molar-refractivity contribution is 0.0229. The third-order valence-electron chi connectivity index (χ3n) is 2.92. The zero-order valence-electron chi connectivity index (χ0n) is 9.23. The molecule has 1 N–H and O–H groups in total. The molecule has 0 radical (unpaired) electrons. The van der Waals surface area contributed by atoms with Crippen LogP contribution in [0.1, 0.15) is 37.4 Å². The van der Waals surface area contributed by atoms with Crippen LogP contribution in [0.4, 0.5) is 0 Å². The lowest BCUT2D eigenvalue weighted by Gasteiger charge is -2.20. The number of hydrogen-bond acceptors (Lipinski definition) is 3. The zero-order valence-corrected chi connectivity index (χ0v) is 9.23. The van der Waals surface area contributed by atoms with Gasteiger partial charge in [-0.15, -0.1) is 0 Å². The van der Waals surface area contributed by atoms with E-state index in [1.165, 1.54) is 0 Å². The van der Waals surface area contributed by atoms with Gasteiger partial charge in [0.1, 0.15) is 5.60 Å². The van der Waals surface area contributed by atoms with Gasteiger partial charge in [-0.1, -0.05) is 19.9 Å². The zero-order chi connectivity index (χ0) is 10.9. The smallest absolute Gasteiger partial charge is 0.117 e. The second-order valence-electron chi connectivity index (χ2n) is 4.46. The molecule has 1 aromatic rings. The summed E-state index contributed by atoms with van der Waals surface area (Å²) in [5, 5.41) is 10.2. The number of pyridine rings is 1. The molecule has 0 bridgehead atoms. The van der Waals surface area contributed by atoms with Gasteiger partial charge in [0, 0.05) is 30.5 Å². The summed E-state index contributed by atoms with van der Waals surface area (Å²) in [6.45, 7) is 5.23. The molecule has 1 unspecified atom stereocenters. The van der Waals surface area contributed by atoms with E-state index in [4.69, 9.17) is 4.74 Å². The van der Waals surface area contributed by atoms with Gasteiger partial charge in [0.05, 0.1) is 6.61 Å². The number of ether oxygens (including phenoxy) is 1. The molecule has 2 heterocycles. The molecule has 1 fully saturated rings. The third-order valence-corrected chi connectivity index (χ3v) is 2.92. The van der Waals surface area contributed by atoms with Gasteiger partial charge in [-0.05, 0) is 12.0 Å². The highest BCUT2D eigenvalue weighted by molar-refractivity contribution is 5.23. The van der Waals surface area contributed by atoms with Gasteiger partial charge < -0.3 is 9.84 Å². The largest absolute Gasteiger partial charge is 0.383 e. The molecule has 15 heavy (non-hydrogen) atoms. The van der Waals surface area contributed by atoms with Crippen LogP contribution in [0, 0.1) is 0 Å². The molecule has 0 aromatic carbocycles. The van der Waals surface area contributed by atoms with Gasteiger partial charge in [0.25, 0.3) is 0 Å². The second-order valence-corrected chi connectivity index (χ2v) is 4.46. The minimum absolute atomic E-state index is 0.385. The van der Waals surface area contributed by atoms with E-state index in [-0.39, 0.29) is 0 Å². The second kappa shape index (κ2) is 3.91. The van der Waals surface area contributed by atoms with Gasteiger partial charge in [-0.2, -0.15) is 0 Å². The molecular formula is C12H17NO2. The minimum Gasteiger partial charge on any atom is -0.383 e. The maximum Gasteiger partial charge on any atom is 0.117 e. The van der Waals surface area contributed by atoms with Crippen molar-refractivity contribution in [1.29, 1.82) is 0 Å². The van der Waals surface area contributed by atoms with E-state index in [2.05, 4.69) is 18.8 Å². The van der Waals surface area contributed by atoms with Crippen LogP contribution >= 0.6 is 0 Å². The first-order valence-corrected chi connectivity index (χ1v) is 5.38. The Morgan fingerprint density at radius 3 is 2.73 bits per heavy atom. The van der Waals surface area contributed by atoms with E-state index in [1.54, 1.807) is 6.20 Å². The highest BCUT2D eigenvalue weighted by atomic mass is 16.5. The fraction of sp³-hybridized carbons (Fsp3) is 0.583. The Bertz CT molecular complexity index is 326. The van der Waals surface area contributed by atoms with Crippen molar-refractivity contribution in [2.45, 2.75) is 31.8 Å². The van der Waals surface area contributed by atoms with Gasteiger partial charge in [-0.3, -0.25) is 4.98 Å². The number of aliphatic hydroxyl groups is 1. The summed E-state index contributed by atoms with van der Waals surface area (Å²) in [6, 6.07) is 3.94. The summed E-state index contributed by atoms with van der Waals surface area (Å²) in [5.74, 6) is 0.425. The van der Waals surface area contributed by atoms with Gasteiger partial charge >= 0.3 is 0 Å². The van der Waals surface area contributed by atoms with Gasteiger partial charge in [0.15, 0.2) is 0 Å². The van der Waals surface area contributed by atoms with Crippen LogP contribution in [0.3, 0.4) is 0 Å². The Morgan fingerprint density at radius 2 is 2.27 bits per heavy atom. The predicted octanol–water partition coefficient (Wildman–Crippen LogP) is 1.81. The Labute approximate surface area is 90.1 Å². The Hall–Kier alpha value is -0.930. The van der Waals surface area contributed by atoms with Crippen molar-refractivity contribution in [3.63, 3.8) is 0 Å². The summed E-state index contributed by atoms with van der Waals surface area (Å²) in [5.41, 5.74) is 1.10. The van der Waals surface area contributed by atoms with Crippen molar-refractivity contribution in [1.82, 2.24) is 4.98 Å². The predicted molar refractivity (Wildman–Crippen MR) is 57.7 cm³/mol. The monoisotopic (exact) mass is 207 g/mol. The van der Waals surface area contributed by atoms with E-state index >= 15 is 0 Å². The van der Waals surface area contributed by atoms with Crippen LogP contribution in [0.25, 0.3) is 0 Å². The summed E-state index contributed by atoms with van der Waals surface area (Å²) in [4.78, 5) is 4.35. The molecule has 2 rings (SSSR count). The summed E-state index contributed by atoms with van der Waals surface area (Å²) in [6.07, 6.45) is 2.43. The molecule has 1 saturated heterocycles. The molecule has 0 saturated carbocycles. The quantitative estimate of drug-likeness (QED) is 0.804. The Morgan fingerprint density at radius 1 is 1.47 bits per heavy atom. The molecule has 3 nitrogen and oxygen atoms in total. The van der Waals surface area contributed by atoms with Crippen LogP contribution in [0.5, 0.6) is 0 Å². The fourth-order valence-electron chi connectivity index (χ4n) is 1.80. The van der Waals surface area contributed by atoms with Crippen molar-refractivity contribution in [2.24, 2.45) is 0 Å². The summed E-state index contributed by atoms with van der Waals surface area (Å²) in [7, 11) is 0. The fourth-order valence-corrected chi connectivity index (χ4v) is 1.80.